The summed E-state index contributed by atoms with van der Waals surface area (Å²) in [5, 5.41) is 0. The van der Waals surface area contributed by atoms with E-state index in [1.807, 2.05) is 23.5 Å². The Morgan fingerprint density at radius 1 is 0.708 bits per heavy atom. The summed E-state index contributed by atoms with van der Waals surface area (Å²) in [4.78, 5) is 2.84. The topological polar surface area (TPSA) is 0 Å². The molecule has 2 heteroatoms. The first-order chi connectivity index (χ1) is 11.7. The number of rotatable bonds is 8. The smallest absolute Gasteiger partial charge is 0.00721 e. The molecular formula is C22H28S2. The second kappa shape index (κ2) is 8.49. The average molecular weight is 357 g/mol. The second-order valence-corrected chi connectivity index (χ2v) is 9.51. The molecular weight excluding hydrogens is 328 g/mol. The average Bonchev–Trinajstić information content (AvgIpc) is 2.55. The van der Waals surface area contributed by atoms with E-state index in [1.54, 1.807) is 0 Å². The fraction of sp³-hybridized carbons (Fsp3) is 0.455. The summed E-state index contributed by atoms with van der Waals surface area (Å²) in [6.07, 6.45) is 7.07. The molecule has 0 amide bonds. The lowest BCUT2D eigenvalue weighted by atomic mass is 9.65. The third-order valence-electron chi connectivity index (χ3n) is 5.26. The standard InChI is InChI=1S/C22H28S2/c1-18-4-8-20(9-5-18)23-16-14-22(12-3-13-22)15-17-24-21-10-6-19(2)7-11-21/h4-11H,3,12-17H2,1-2H3. The minimum atomic E-state index is 0.634. The number of thioether (sulfide) groups is 2. The highest BCUT2D eigenvalue weighted by atomic mass is 32.2. The highest BCUT2D eigenvalue weighted by Crippen LogP contribution is 2.48. The van der Waals surface area contributed by atoms with Gasteiger partial charge in [0.1, 0.15) is 0 Å². The maximum Gasteiger partial charge on any atom is 0.00721 e. The van der Waals surface area contributed by atoms with Gasteiger partial charge in [-0.3, -0.25) is 0 Å². The highest BCUT2D eigenvalue weighted by Gasteiger charge is 2.35. The Morgan fingerprint density at radius 2 is 1.12 bits per heavy atom. The predicted octanol–water partition coefficient (Wildman–Crippen LogP) is 7.14. The summed E-state index contributed by atoms with van der Waals surface area (Å²) in [5.74, 6) is 2.52. The molecule has 1 fully saturated rings. The third kappa shape index (κ3) is 5.07. The minimum Gasteiger partial charge on any atom is -0.126 e. The summed E-state index contributed by atoms with van der Waals surface area (Å²) < 4.78 is 0. The van der Waals surface area contributed by atoms with Gasteiger partial charge in [0.25, 0.3) is 0 Å². The van der Waals surface area contributed by atoms with Crippen LogP contribution in [0, 0.1) is 19.3 Å². The van der Waals surface area contributed by atoms with Crippen LogP contribution in [-0.2, 0) is 0 Å². The zero-order valence-corrected chi connectivity index (χ0v) is 16.5. The van der Waals surface area contributed by atoms with E-state index in [-0.39, 0.29) is 0 Å². The van der Waals surface area contributed by atoms with E-state index >= 15 is 0 Å². The molecule has 128 valence electrons. The van der Waals surface area contributed by atoms with Gasteiger partial charge in [0.15, 0.2) is 0 Å². The van der Waals surface area contributed by atoms with Crippen LogP contribution >= 0.6 is 23.5 Å². The molecule has 2 aromatic carbocycles. The van der Waals surface area contributed by atoms with E-state index in [0.717, 1.165) is 0 Å². The zero-order chi connectivity index (χ0) is 16.8. The quantitative estimate of drug-likeness (QED) is 0.461. The Balaban J connectivity index is 1.42. The van der Waals surface area contributed by atoms with Gasteiger partial charge in [-0.05, 0) is 80.7 Å². The van der Waals surface area contributed by atoms with Crippen molar-refractivity contribution >= 4 is 23.5 Å². The van der Waals surface area contributed by atoms with E-state index in [1.165, 1.54) is 64.5 Å². The first-order valence-electron chi connectivity index (χ1n) is 9.04. The molecule has 0 N–H and O–H groups in total. The van der Waals surface area contributed by atoms with Crippen molar-refractivity contribution in [2.45, 2.75) is 55.7 Å². The van der Waals surface area contributed by atoms with Gasteiger partial charge in [-0.25, -0.2) is 0 Å². The van der Waals surface area contributed by atoms with Crippen LogP contribution in [0.3, 0.4) is 0 Å². The number of aryl methyl sites for hydroxylation is 2. The number of hydrogen-bond donors (Lipinski definition) is 0. The molecule has 2 aromatic rings. The van der Waals surface area contributed by atoms with Crippen molar-refractivity contribution in [1.29, 1.82) is 0 Å². The first kappa shape index (κ1) is 17.9. The number of benzene rings is 2. The van der Waals surface area contributed by atoms with Crippen molar-refractivity contribution in [2.24, 2.45) is 5.41 Å². The molecule has 0 nitrogen and oxygen atoms in total. The van der Waals surface area contributed by atoms with Crippen LogP contribution in [0.2, 0.25) is 0 Å². The van der Waals surface area contributed by atoms with Crippen LogP contribution in [-0.4, -0.2) is 11.5 Å². The molecule has 0 saturated heterocycles. The first-order valence-corrected chi connectivity index (χ1v) is 11.0. The Labute approximate surface area is 155 Å². The third-order valence-corrected chi connectivity index (χ3v) is 7.29. The summed E-state index contributed by atoms with van der Waals surface area (Å²) in [6, 6.07) is 17.9. The molecule has 0 bridgehead atoms. The Bertz CT molecular complexity index is 571. The summed E-state index contributed by atoms with van der Waals surface area (Å²) in [6.45, 7) is 4.31. The fourth-order valence-electron chi connectivity index (χ4n) is 3.34. The Hall–Kier alpha value is -0.860. The van der Waals surface area contributed by atoms with Gasteiger partial charge < -0.3 is 0 Å². The van der Waals surface area contributed by atoms with Gasteiger partial charge >= 0.3 is 0 Å². The van der Waals surface area contributed by atoms with Gasteiger partial charge in [-0.1, -0.05) is 41.8 Å². The van der Waals surface area contributed by atoms with Crippen LogP contribution in [0.5, 0.6) is 0 Å². The molecule has 0 aliphatic heterocycles. The monoisotopic (exact) mass is 356 g/mol. The van der Waals surface area contributed by atoms with Gasteiger partial charge in [0.2, 0.25) is 0 Å². The van der Waals surface area contributed by atoms with Gasteiger partial charge in [0.05, 0.1) is 0 Å². The molecule has 0 radical (unpaired) electrons. The van der Waals surface area contributed by atoms with Crippen molar-refractivity contribution in [1.82, 2.24) is 0 Å². The van der Waals surface area contributed by atoms with Crippen molar-refractivity contribution in [2.75, 3.05) is 11.5 Å². The fourth-order valence-corrected chi connectivity index (χ4v) is 5.54. The summed E-state index contributed by atoms with van der Waals surface area (Å²) in [7, 11) is 0. The van der Waals surface area contributed by atoms with E-state index in [9.17, 15) is 0 Å². The molecule has 1 aliphatic rings. The molecule has 0 heterocycles. The molecule has 24 heavy (non-hydrogen) atoms. The van der Waals surface area contributed by atoms with Crippen LogP contribution in [0.4, 0.5) is 0 Å². The molecule has 0 spiro atoms. The van der Waals surface area contributed by atoms with Gasteiger partial charge in [-0.2, -0.15) is 0 Å². The Kier molecular flexibility index (Phi) is 6.35. The van der Waals surface area contributed by atoms with Crippen molar-refractivity contribution in [3.05, 3.63) is 59.7 Å². The van der Waals surface area contributed by atoms with E-state index in [4.69, 9.17) is 0 Å². The molecule has 0 unspecified atom stereocenters. The molecule has 0 aromatic heterocycles. The van der Waals surface area contributed by atoms with Crippen molar-refractivity contribution < 1.29 is 0 Å². The van der Waals surface area contributed by atoms with E-state index in [0.29, 0.717) is 5.41 Å². The van der Waals surface area contributed by atoms with E-state index in [2.05, 4.69) is 62.4 Å². The lowest BCUT2D eigenvalue weighted by Gasteiger charge is -2.42. The lowest BCUT2D eigenvalue weighted by Crippen LogP contribution is -2.30. The van der Waals surface area contributed by atoms with Crippen molar-refractivity contribution in [3.8, 4) is 0 Å². The maximum absolute atomic E-state index is 2.26. The normalized spacial score (nSPS) is 15.9. The molecule has 3 rings (SSSR count). The van der Waals surface area contributed by atoms with Crippen LogP contribution in [0.25, 0.3) is 0 Å². The van der Waals surface area contributed by atoms with Crippen molar-refractivity contribution in [3.63, 3.8) is 0 Å². The van der Waals surface area contributed by atoms with E-state index < -0.39 is 0 Å². The largest absolute Gasteiger partial charge is 0.126 e. The van der Waals surface area contributed by atoms with Crippen LogP contribution < -0.4 is 0 Å². The van der Waals surface area contributed by atoms with Crippen LogP contribution in [0.1, 0.15) is 43.2 Å². The Morgan fingerprint density at radius 3 is 1.46 bits per heavy atom. The highest BCUT2D eigenvalue weighted by molar-refractivity contribution is 7.99. The molecule has 0 atom stereocenters. The lowest BCUT2D eigenvalue weighted by molar-refractivity contribution is 0.124. The summed E-state index contributed by atoms with van der Waals surface area (Å²) >= 11 is 4.06. The number of hydrogen-bond acceptors (Lipinski definition) is 2. The SMILES string of the molecule is Cc1ccc(SCCC2(CCSc3ccc(C)cc3)CCC2)cc1. The zero-order valence-electron chi connectivity index (χ0n) is 14.9. The molecule has 1 saturated carbocycles. The second-order valence-electron chi connectivity index (χ2n) is 7.18. The summed E-state index contributed by atoms with van der Waals surface area (Å²) in [5.41, 5.74) is 3.33. The minimum absolute atomic E-state index is 0.634. The maximum atomic E-state index is 2.26. The predicted molar refractivity (Wildman–Crippen MR) is 109 cm³/mol. The van der Waals surface area contributed by atoms with Gasteiger partial charge in [-0.15, -0.1) is 23.5 Å². The molecule has 1 aliphatic carbocycles. The van der Waals surface area contributed by atoms with Crippen LogP contribution in [0.15, 0.2) is 58.3 Å². The van der Waals surface area contributed by atoms with Gasteiger partial charge in [0, 0.05) is 9.79 Å².